The van der Waals surface area contributed by atoms with Crippen molar-refractivity contribution in [1.29, 1.82) is 0 Å². The minimum Gasteiger partial charge on any atom is -0.691 e. The predicted molar refractivity (Wildman–Crippen MR) is 50.9 cm³/mol. The molecule has 0 bridgehead atoms. The lowest BCUT2D eigenvalue weighted by Gasteiger charge is -2.06. The van der Waals surface area contributed by atoms with Crippen LogP contribution in [0, 0.1) is 5.21 Å². The van der Waals surface area contributed by atoms with Crippen LogP contribution in [0.5, 0.6) is 0 Å². The van der Waals surface area contributed by atoms with E-state index in [2.05, 4.69) is 5.22 Å². The largest absolute Gasteiger partial charge is 0.691 e. The molecule has 0 amide bonds. The smallest absolute Gasteiger partial charge is 0.155 e. The van der Waals surface area contributed by atoms with Crippen molar-refractivity contribution in [2.24, 2.45) is 5.22 Å². The fraction of sp³-hybridized carbons (Fsp3) is 0.250. The fourth-order valence-electron chi connectivity index (χ4n) is 0.809. The van der Waals surface area contributed by atoms with E-state index in [0.717, 1.165) is 0 Å². The van der Waals surface area contributed by atoms with Crippen LogP contribution in [0.25, 0.3) is 0 Å². The van der Waals surface area contributed by atoms with Crippen molar-refractivity contribution in [3.8, 4) is 0 Å². The molecule has 0 aliphatic heterocycles. The molecule has 0 saturated carbocycles. The normalized spacial score (nSPS) is 11.5. The number of nitrogens with zero attached hydrogens (tertiary/aromatic N) is 3. The Morgan fingerprint density at radius 3 is 2.69 bits per heavy atom. The molecule has 1 aromatic carbocycles. The van der Waals surface area contributed by atoms with Gasteiger partial charge in [-0.1, -0.05) is 17.7 Å². The van der Waals surface area contributed by atoms with Gasteiger partial charge >= 0.3 is 0 Å². The molecule has 0 spiro atoms. The van der Waals surface area contributed by atoms with Crippen LogP contribution in [0.4, 0.5) is 5.69 Å². The highest BCUT2D eigenvalue weighted by Gasteiger charge is 1.99. The van der Waals surface area contributed by atoms with Gasteiger partial charge in [-0.25, -0.2) is 0 Å². The molecule has 0 saturated heterocycles. The van der Waals surface area contributed by atoms with Gasteiger partial charge in [0.25, 0.3) is 0 Å². The number of halogens is 1. The van der Waals surface area contributed by atoms with E-state index in [1.165, 1.54) is 5.01 Å². The molecule has 13 heavy (non-hydrogen) atoms. The van der Waals surface area contributed by atoms with Crippen LogP contribution in [0.15, 0.2) is 29.5 Å². The third-order valence-electron chi connectivity index (χ3n) is 1.29. The van der Waals surface area contributed by atoms with Crippen LogP contribution < -0.4 is 0 Å². The summed E-state index contributed by atoms with van der Waals surface area (Å²) in [4.78, 5) is 0.520. The minimum atomic E-state index is 0.418. The van der Waals surface area contributed by atoms with Gasteiger partial charge in [-0.15, -0.1) is 4.86 Å². The summed E-state index contributed by atoms with van der Waals surface area (Å²) >= 11 is 5.70. The van der Waals surface area contributed by atoms with Gasteiger partial charge in [-0.2, -0.15) is 5.01 Å². The summed E-state index contributed by atoms with van der Waals surface area (Å²) in [5.74, 6) is 0. The second-order valence-electron chi connectivity index (χ2n) is 2.69. The van der Waals surface area contributed by atoms with Crippen molar-refractivity contribution in [3.05, 3.63) is 34.5 Å². The zero-order chi connectivity index (χ0) is 9.84. The summed E-state index contributed by atoms with van der Waals surface area (Å²) in [5, 5.41) is 16.8. The molecule has 0 radical (unpaired) electrons. The number of benzene rings is 1. The first kappa shape index (κ1) is 9.80. The number of rotatable bonds is 2. The molecule has 0 unspecified atom stereocenters. The second kappa shape index (κ2) is 4.09. The predicted octanol–water partition coefficient (Wildman–Crippen LogP) is 2.41. The zero-order valence-corrected chi connectivity index (χ0v) is 8.19. The summed E-state index contributed by atoms with van der Waals surface area (Å²) in [6.07, 6.45) is 0. The highest BCUT2D eigenvalue weighted by Crippen LogP contribution is 2.17. The first-order chi connectivity index (χ1) is 6.09. The molecule has 4 nitrogen and oxygen atoms in total. The maximum Gasteiger partial charge on any atom is 0.155 e. The van der Waals surface area contributed by atoms with Gasteiger partial charge in [0.1, 0.15) is 0 Å². The molecular weight excluding hydrogens is 190 g/mol. The van der Waals surface area contributed by atoms with Crippen LogP contribution in [0.3, 0.4) is 0 Å². The zero-order valence-electron chi connectivity index (χ0n) is 7.44. The van der Waals surface area contributed by atoms with Crippen molar-refractivity contribution < 1.29 is 4.86 Å². The van der Waals surface area contributed by atoms with E-state index in [9.17, 15) is 5.21 Å². The maximum atomic E-state index is 11.3. The molecule has 1 rings (SSSR count). The molecule has 0 fully saturated rings. The van der Waals surface area contributed by atoms with Crippen LogP contribution >= 0.6 is 11.6 Å². The standard InChI is InChI=1S/C8H10ClN3O/c1-11(2)10-12(13)8-5-3-4-7(9)6-8/h3-6H,1-2H3. The van der Waals surface area contributed by atoms with Gasteiger partial charge in [0.2, 0.25) is 0 Å². The second-order valence-corrected chi connectivity index (χ2v) is 3.13. The summed E-state index contributed by atoms with van der Waals surface area (Å²) in [7, 11) is 3.35. The van der Waals surface area contributed by atoms with Crippen molar-refractivity contribution in [2.75, 3.05) is 14.1 Å². The molecule has 5 heteroatoms. The average Bonchev–Trinajstić information content (AvgIpc) is 2.03. The van der Waals surface area contributed by atoms with Crippen molar-refractivity contribution >= 4 is 17.3 Å². The van der Waals surface area contributed by atoms with E-state index in [0.29, 0.717) is 15.6 Å². The highest BCUT2D eigenvalue weighted by atomic mass is 35.5. The molecule has 70 valence electrons. The Morgan fingerprint density at radius 2 is 2.15 bits per heavy atom. The van der Waals surface area contributed by atoms with E-state index in [-0.39, 0.29) is 0 Å². The highest BCUT2D eigenvalue weighted by molar-refractivity contribution is 6.30. The van der Waals surface area contributed by atoms with Gasteiger partial charge < -0.3 is 5.21 Å². The van der Waals surface area contributed by atoms with E-state index in [1.807, 2.05) is 0 Å². The SMILES string of the molecule is CN(C)N=[N+]([O-])c1cccc(Cl)c1. The average molecular weight is 200 g/mol. The van der Waals surface area contributed by atoms with Gasteiger partial charge in [-0.3, -0.25) is 0 Å². The van der Waals surface area contributed by atoms with Gasteiger partial charge in [0.15, 0.2) is 5.69 Å². The van der Waals surface area contributed by atoms with E-state index >= 15 is 0 Å². The third-order valence-corrected chi connectivity index (χ3v) is 1.52. The van der Waals surface area contributed by atoms with Gasteiger partial charge in [0.05, 0.1) is 19.3 Å². The van der Waals surface area contributed by atoms with E-state index in [1.54, 1.807) is 38.4 Å². The molecule has 0 atom stereocenters. The summed E-state index contributed by atoms with van der Waals surface area (Å²) < 4.78 is 0. The van der Waals surface area contributed by atoms with Gasteiger partial charge in [-0.05, 0) is 12.1 Å². The lowest BCUT2D eigenvalue weighted by Crippen LogP contribution is -2.06. The first-order valence-electron chi connectivity index (χ1n) is 3.71. The Labute approximate surface area is 81.6 Å². The molecule has 0 aliphatic rings. The van der Waals surface area contributed by atoms with Crippen molar-refractivity contribution in [2.45, 2.75) is 0 Å². The molecule has 0 heterocycles. The van der Waals surface area contributed by atoms with Crippen molar-refractivity contribution in [3.63, 3.8) is 0 Å². The minimum absolute atomic E-state index is 0.418. The number of hydrogen-bond donors (Lipinski definition) is 0. The molecular formula is C8H10ClN3O. The summed E-state index contributed by atoms with van der Waals surface area (Å²) in [6, 6.07) is 6.61. The Bertz CT molecular complexity index is 325. The first-order valence-corrected chi connectivity index (χ1v) is 4.09. The molecule has 0 aliphatic carbocycles. The summed E-state index contributed by atoms with van der Waals surface area (Å²) in [5.41, 5.74) is 0.418. The third kappa shape index (κ3) is 2.91. The molecule has 0 N–H and O–H groups in total. The van der Waals surface area contributed by atoms with Crippen LogP contribution in [-0.4, -0.2) is 24.0 Å². The Morgan fingerprint density at radius 1 is 1.46 bits per heavy atom. The quantitative estimate of drug-likeness (QED) is 0.417. The Hall–Kier alpha value is -1.29. The number of hydrogen-bond acceptors (Lipinski definition) is 2. The Kier molecular flexibility index (Phi) is 3.08. The van der Waals surface area contributed by atoms with Crippen molar-refractivity contribution in [1.82, 2.24) is 5.01 Å². The summed E-state index contributed by atoms with van der Waals surface area (Å²) in [6.45, 7) is 0. The van der Waals surface area contributed by atoms with Gasteiger partial charge in [0, 0.05) is 11.1 Å². The maximum absolute atomic E-state index is 11.3. The topological polar surface area (TPSA) is 41.7 Å². The van der Waals surface area contributed by atoms with E-state index < -0.39 is 0 Å². The van der Waals surface area contributed by atoms with Crippen LogP contribution in [-0.2, 0) is 0 Å². The van der Waals surface area contributed by atoms with Crippen LogP contribution in [0.2, 0.25) is 5.02 Å². The lowest BCUT2D eigenvalue weighted by atomic mass is 10.3. The molecule has 1 aromatic rings. The lowest BCUT2D eigenvalue weighted by molar-refractivity contribution is -0.459. The van der Waals surface area contributed by atoms with E-state index in [4.69, 9.17) is 11.6 Å². The fourth-order valence-corrected chi connectivity index (χ4v) is 0.994. The Balaban J connectivity index is 2.95. The van der Waals surface area contributed by atoms with Crippen LogP contribution in [0.1, 0.15) is 0 Å². The molecule has 0 aromatic heterocycles. The monoisotopic (exact) mass is 199 g/mol.